The molecule has 0 aromatic heterocycles. The van der Waals surface area contributed by atoms with Crippen LogP contribution < -0.4 is 5.73 Å². The van der Waals surface area contributed by atoms with Gasteiger partial charge >= 0.3 is 0 Å². The largest absolute Gasteiger partial charge is 0.399 e. The maximum absolute atomic E-state index is 13.3. The Bertz CT molecular complexity index is 1100. The Morgan fingerprint density at radius 2 is 1.57 bits per heavy atom. The van der Waals surface area contributed by atoms with E-state index in [0.717, 1.165) is 55.1 Å². The molecule has 6 heteroatoms. The van der Waals surface area contributed by atoms with Crippen LogP contribution in [0, 0.1) is 5.82 Å². The summed E-state index contributed by atoms with van der Waals surface area (Å²) >= 11 is 0. The van der Waals surface area contributed by atoms with E-state index in [9.17, 15) is 9.18 Å². The Hall–Kier alpha value is -3.22. The molecule has 1 aliphatic heterocycles. The summed E-state index contributed by atoms with van der Waals surface area (Å²) < 4.78 is 13.3. The SMILES string of the molecule is CCN(CC)C(=O)c1ccc(C(c2cccc(N)c2)N2CCN(Cc3ccc(F)cc3)CC2)cc1. The smallest absolute Gasteiger partial charge is 0.253 e. The van der Waals surface area contributed by atoms with Gasteiger partial charge in [0.1, 0.15) is 5.82 Å². The minimum atomic E-state index is -0.201. The average Bonchev–Trinajstić information content (AvgIpc) is 2.88. The van der Waals surface area contributed by atoms with Crippen molar-refractivity contribution in [1.82, 2.24) is 14.7 Å². The number of rotatable bonds is 8. The van der Waals surface area contributed by atoms with Gasteiger partial charge in [0.15, 0.2) is 0 Å². The molecule has 1 atom stereocenters. The predicted molar refractivity (Wildman–Crippen MR) is 140 cm³/mol. The molecular weight excluding hydrogens is 439 g/mol. The molecule has 1 heterocycles. The van der Waals surface area contributed by atoms with Crippen LogP contribution in [0.4, 0.5) is 10.1 Å². The summed E-state index contributed by atoms with van der Waals surface area (Å²) in [7, 11) is 0. The van der Waals surface area contributed by atoms with Crippen LogP contribution in [-0.4, -0.2) is 59.9 Å². The number of hydrogen-bond donors (Lipinski definition) is 1. The maximum Gasteiger partial charge on any atom is 0.253 e. The third kappa shape index (κ3) is 6.08. The fourth-order valence-electron chi connectivity index (χ4n) is 4.87. The monoisotopic (exact) mass is 474 g/mol. The van der Waals surface area contributed by atoms with Crippen molar-refractivity contribution in [1.29, 1.82) is 0 Å². The first-order valence-corrected chi connectivity index (χ1v) is 12.4. The third-order valence-corrected chi connectivity index (χ3v) is 6.84. The highest BCUT2D eigenvalue weighted by Crippen LogP contribution is 2.31. The van der Waals surface area contributed by atoms with Gasteiger partial charge in [0.2, 0.25) is 0 Å². The number of halogens is 1. The van der Waals surface area contributed by atoms with Crippen LogP contribution in [0.1, 0.15) is 46.9 Å². The molecule has 0 radical (unpaired) electrons. The number of nitrogen functional groups attached to an aromatic ring is 1. The van der Waals surface area contributed by atoms with Crippen LogP contribution in [0.15, 0.2) is 72.8 Å². The van der Waals surface area contributed by atoms with E-state index in [4.69, 9.17) is 5.73 Å². The molecule has 0 bridgehead atoms. The van der Waals surface area contributed by atoms with E-state index in [1.54, 1.807) is 0 Å². The molecule has 3 aromatic rings. The molecule has 3 aromatic carbocycles. The van der Waals surface area contributed by atoms with Gasteiger partial charge in [-0.1, -0.05) is 36.4 Å². The van der Waals surface area contributed by atoms with E-state index < -0.39 is 0 Å². The van der Waals surface area contributed by atoms with E-state index in [-0.39, 0.29) is 17.8 Å². The lowest BCUT2D eigenvalue weighted by atomic mass is 9.95. The van der Waals surface area contributed by atoms with Gasteiger partial charge in [-0.05, 0) is 66.9 Å². The molecule has 4 rings (SSSR count). The Labute approximate surface area is 208 Å². The topological polar surface area (TPSA) is 52.8 Å². The van der Waals surface area contributed by atoms with Crippen LogP contribution in [0.2, 0.25) is 0 Å². The number of carbonyl (C=O) groups excluding carboxylic acids is 1. The number of amides is 1. The zero-order valence-electron chi connectivity index (χ0n) is 20.7. The first-order valence-electron chi connectivity index (χ1n) is 12.4. The summed E-state index contributed by atoms with van der Waals surface area (Å²) in [5.41, 5.74) is 11.0. The molecular formula is C29H35FN4O. The van der Waals surface area contributed by atoms with Crippen LogP contribution in [0.3, 0.4) is 0 Å². The molecule has 1 unspecified atom stereocenters. The molecule has 0 saturated carbocycles. The van der Waals surface area contributed by atoms with Crippen LogP contribution in [0.5, 0.6) is 0 Å². The van der Waals surface area contributed by atoms with E-state index in [2.05, 4.69) is 28.0 Å². The van der Waals surface area contributed by atoms with Gasteiger partial charge in [0, 0.05) is 57.1 Å². The Morgan fingerprint density at radius 1 is 0.914 bits per heavy atom. The normalized spacial score (nSPS) is 15.6. The lowest BCUT2D eigenvalue weighted by Crippen LogP contribution is -2.47. The number of nitrogens with zero attached hydrogens (tertiary/aromatic N) is 3. The second-order valence-electron chi connectivity index (χ2n) is 9.11. The molecule has 0 spiro atoms. The van der Waals surface area contributed by atoms with E-state index in [1.807, 2.05) is 61.2 Å². The van der Waals surface area contributed by atoms with Crippen molar-refractivity contribution in [2.75, 3.05) is 45.0 Å². The van der Waals surface area contributed by atoms with Crippen LogP contribution >= 0.6 is 0 Å². The van der Waals surface area contributed by atoms with Crippen molar-refractivity contribution < 1.29 is 9.18 Å². The standard InChI is InChI=1S/C29H35FN4O/c1-3-33(4-2)29(35)24-12-10-23(11-13-24)28(25-6-5-7-27(31)20-25)34-18-16-32(17-19-34)21-22-8-14-26(30)15-9-22/h5-15,20,28H,3-4,16-19,21,31H2,1-2H3. The van der Waals surface area contributed by atoms with Gasteiger partial charge in [0.05, 0.1) is 6.04 Å². The van der Waals surface area contributed by atoms with Crippen molar-refractivity contribution >= 4 is 11.6 Å². The van der Waals surface area contributed by atoms with Gasteiger partial charge in [0.25, 0.3) is 5.91 Å². The predicted octanol–water partition coefficient (Wildman–Crippen LogP) is 4.80. The number of carbonyl (C=O) groups is 1. The van der Waals surface area contributed by atoms with Crippen molar-refractivity contribution in [2.24, 2.45) is 0 Å². The Morgan fingerprint density at radius 3 is 2.17 bits per heavy atom. The highest BCUT2D eigenvalue weighted by atomic mass is 19.1. The minimum Gasteiger partial charge on any atom is -0.399 e. The van der Waals surface area contributed by atoms with Gasteiger partial charge in [-0.15, -0.1) is 0 Å². The highest BCUT2D eigenvalue weighted by molar-refractivity contribution is 5.94. The van der Waals surface area contributed by atoms with Gasteiger partial charge in [-0.25, -0.2) is 4.39 Å². The van der Waals surface area contributed by atoms with Crippen molar-refractivity contribution in [3.8, 4) is 0 Å². The lowest BCUT2D eigenvalue weighted by molar-refractivity contribution is 0.0773. The van der Waals surface area contributed by atoms with Crippen LogP contribution in [-0.2, 0) is 6.54 Å². The van der Waals surface area contributed by atoms with Crippen molar-refractivity contribution in [2.45, 2.75) is 26.4 Å². The van der Waals surface area contributed by atoms with Gasteiger partial charge in [-0.2, -0.15) is 0 Å². The number of anilines is 1. The van der Waals surface area contributed by atoms with E-state index in [0.29, 0.717) is 18.7 Å². The summed E-state index contributed by atoms with van der Waals surface area (Å²) in [6, 6.07) is 23.0. The van der Waals surface area contributed by atoms with Crippen LogP contribution in [0.25, 0.3) is 0 Å². The third-order valence-electron chi connectivity index (χ3n) is 6.84. The fourth-order valence-corrected chi connectivity index (χ4v) is 4.87. The summed E-state index contributed by atoms with van der Waals surface area (Å²) in [5.74, 6) is -0.134. The second kappa shape index (κ2) is 11.5. The molecule has 184 valence electrons. The molecule has 1 amide bonds. The van der Waals surface area contributed by atoms with E-state index >= 15 is 0 Å². The maximum atomic E-state index is 13.3. The summed E-state index contributed by atoms with van der Waals surface area (Å²) in [6.07, 6.45) is 0. The first-order chi connectivity index (χ1) is 17.0. The Balaban J connectivity index is 1.52. The molecule has 2 N–H and O–H groups in total. The van der Waals surface area contributed by atoms with Gasteiger partial charge < -0.3 is 10.6 Å². The number of nitrogens with two attached hydrogens (primary N) is 1. The minimum absolute atomic E-state index is 0.0593. The zero-order valence-corrected chi connectivity index (χ0v) is 20.7. The lowest BCUT2D eigenvalue weighted by Gasteiger charge is -2.40. The number of benzene rings is 3. The molecule has 1 aliphatic rings. The quantitative estimate of drug-likeness (QED) is 0.477. The number of hydrogen-bond acceptors (Lipinski definition) is 4. The first kappa shape index (κ1) is 24.9. The highest BCUT2D eigenvalue weighted by Gasteiger charge is 2.27. The molecule has 5 nitrogen and oxygen atoms in total. The molecule has 1 fully saturated rings. The number of piperazine rings is 1. The summed E-state index contributed by atoms with van der Waals surface area (Å²) in [4.78, 5) is 19.5. The van der Waals surface area contributed by atoms with Gasteiger partial charge in [-0.3, -0.25) is 14.6 Å². The zero-order chi connectivity index (χ0) is 24.8. The second-order valence-corrected chi connectivity index (χ2v) is 9.11. The summed E-state index contributed by atoms with van der Waals surface area (Å²) in [5, 5.41) is 0. The Kier molecular flexibility index (Phi) is 8.16. The van der Waals surface area contributed by atoms with Crippen molar-refractivity contribution in [3.63, 3.8) is 0 Å². The van der Waals surface area contributed by atoms with Crippen molar-refractivity contribution in [3.05, 3.63) is 101 Å². The summed E-state index contributed by atoms with van der Waals surface area (Å²) in [6.45, 7) is 9.88. The fraction of sp³-hybridized carbons (Fsp3) is 0.345. The average molecular weight is 475 g/mol. The van der Waals surface area contributed by atoms with E-state index in [1.165, 1.54) is 12.1 Å². The molecule has 35 heavy (non-hydrogen) atoms. The molecule has 1 saturated heterocycles. The molecule has 0 aliphatic carbocycles.